The van der Waals surface area contributed by atoms with Gasteiger partial charge in [0.05, 0.1) is 5.56 Å². The standard InChI is InChI=1S/C17H12N2O/c1-11-18-17(20-19-11)16-14-8-4-2-6-12(14)10-13-7-3-5-9-15(13)16/h2-10H,1H3. The van der Waals surface area contributed by atoms with Crippen molar-refractivity contribution in [2.24, 2.45) is 0 Å². The average molecular weight is 260 g/mol. The number of fused-ring (bicyclic) bond motifs is 2. The first-order valence-corrected chi connectivity index (χ1v) is 6.54. The quantitative estimate of drug-likeness (QED) is 0.477. The molecule has 0 amide bonds. The van der Waals surface area contributed by atoms with Crippen molar-refractivity contribution in [2.45, 2.75) is 6.92 Å². The van der Waals surface area contributed by atoms with Crippen LogP contribution in [0.1, 0.15) is 5.82 Å². The molecule has 0 spiro atoms. The lowest BCUT2D eigenvalue weighted by atomic mass is 9.97. The van der Waals surface area contributed by atoms with E-state index in [2.05, 4.69) is 40.5 Å². The maximum Gasteiger partial charge on any atom is 0.259 e. The van der Waals surface area contributed by atoms with E-state index in [1.165, 1.54) is 10.8 Å². The number of rotatable bonds is 1. The van der Waals surface area contributed by atoms with Crippen LogP contribution in [-0.2, 0) is 0 Å². The molecule has 3 nitrogen and oxygen atoms in total. The predicted octanol–water partition coefficient (Wildman–Crippen LogP) is 4.35. The van der Waals surface area contributed by atoms with Gasteiger partial charge in [-0.15, -0.1) is 0 Å². The Morgan fingerprint density at radius 1 is 0.850 bits per heavy atom. The highest BCUT2D eigenvalue weighted by Gasteiger charge is 2.14. The van der Waals surface area contributed by atoms with Crippen molar-refractivity contribution < 1.29 is 4.52 Å². The third kappa shape index (κ3) is 1.60. The van der Waals surface area contributed by atoms with E-state index in [9.17, 15) is 0 Å². The first-order chi connectivity index (χ1) is 9.83. The van der Waals surface area contributed by atoms with E-state index in [0.717, 1.165) is 16.3 Å². The van der Waals surface area contributed by atoms with Crippen LogP contribution in [0.5, 0.6) is 0 Å². The SMILES string of the molecule is Cc1noc(-c2c3ccccc3cc3ccccc23)n1. The minimum Gasteiger partial charge on any atom is -0.334 e. The van der Waals surface area contributed by atoms with E-state index in [1.54, 1.807) is 0 Å². The van der Waals surface area contributed by atoms with Gasteiger partial charge in [0, 0.05) is 0 Å². The molecule has 0 aliphatic rings. The summed E-state index contributed by atoms with van der Waals surface area (Å²) in [7, 11) is 0. The largest absolute Gasteiger partial charge is 0.334 e. The number of hydrogen-bond donors (Lipinski definition) is 0. The van der Waals surface area contributed by atoms with Crippen LogP contribution in [0.15, 0.2) is 59.1 Å². The van der Waals surface area contributed by atoms with Crippen LogP contribution in [-0.4, -0.2) is 10.1 Å². The van der Waals surface area contributed by atoms with Crippen LogP contribution in [0.2, 0.25) is 0 Å². The smallest absolute Gasteiger partial charge is 0.259 e. The maximum absolute atomic E-state index is 5.41. The molecule has 0 aliphatic heterocycles. The summed E-state index contributed by atoms with van der Waals surface area (Å²) in [4.78, 5) is 4.40. The summed E-state index contributed by atoms with van der Waals surface area (Å²) in [6.07, 6.45) is 0. The van der Waals surface area contributed by atoms with Crippen LogP contribution >= 0.6 is 0 Å². The van der Waals surface area contributed by atoms with Crippen molar-refractivity contribution in [3.63, 3.8) is 0 Å². The number of aromatic nitrogens is 2. The third-order valence-corrected chi connectivity index (χ3v) is 3.51. The summed E-state index contributed by atoms with van der Waals surface area (Å²) in [5, 5.41) is 8.54. The Bertz CT molecular complexity index is 870. The molecule has 0 unspecified atom stereocenters. The lowest BCUT2D eigenvalue weighted by Gasteiger charge is -2.08. The highest BCUT2D eigenvalue weighted by Crippen LogP contribution is 2.35. The van der Waals surface area contributed by atoms with Gasteiger partial charge in [-0.1, -0.05) is 53.7 Å². The Balaban J connectivity index is 2.23. The number of nitrogens with zero attached hydrogens (tertiary/aromatic N) is 2. The average Bonchev–Trinajstić information content (AvgIpc) is 2.91. The van der Waals surface area contributed by atoms with Gasteiger partial charge in [-0.05, 0) is 34.5 Å². The predicted molar refractivity (Wildman–Crippen MR) is 79.5 cm³/mol. The van der Waals surface area contributed by atoms with Crippen LogP contribution in [0, 0.1) is 6.92 Å². The first kappa shape index (κ1) is 11.2. The normalized spacial score (nSPS) is 11.2. The van der Waals surface area contributed by atoms with E-state index in [-0.39, 0.29) is 0 Å². The van der Waals surface area contributed by atoms with Crippen LogP contribution in [0.3, 0.4) is 0 Å². The number of hydrogen-bond acceptors (Lipinski definition) is 3. The molecule has 0 atom stereocenters. The van der Waals surface area contributed by atoms with Gasteiger partial charge in [0.25, 0.3) is 5.89 Å². The Morgan fingerprint density at radius 2 is 1.45 bits per heavy atom. The molecule has 0 N–H and O–H groups in total. The highest BCUT2D eigenvalue weighted by molar-refractivity contribution is 6.11. The summed E-state index contributed by atoms with van der Waals surface area (Å²) in [5.41, 5.74) is 1.01. The molecule has 20 heavy (non-hydrogen) atoms. The molecule has 1 heterocycles. The monoisotopic (exact) mass is 260 g/mol. The zero-order valence-corrected chi connectivity index (χ0v) is 11.0. The van der Waals surface area contributed by atoms with Crippen molar-refractivity contribution in [3.05, 3.63) is 60.4 Å². The number of aryl methyl sites for hydroxylation is 1. The molecule has 0 saturated carbocycles. The van der Waals surface area contributed by atoms with E-state index in [4.69, 9.17) is 4.52 Å². The summed E-state index contributed by atoms with van der Waals surface area (Å²) in [6, 6.07) is 18.7. The molecule has 3 heteroatoms. The third-order valence-electron chi connectivity index (χ3n) is 3.51. The van der Waals surface area contributed by atoms with Crippen molar-refractivity contribution in [1.29, 1.82) is 0 Å². The summed E-state index contributed by atoms with van der Waals surface area (Å²) in [5.74, 6) is 1.23. The van der Waals surface area contributed by atoms with Crippen molar-refractivity contribution in [1.82, 2.24) is 10.1 Å². The Hall–Kier alpha value is -2.68. The van der Waals surface area contributed by atoms with Gasteiger partial charge in [-0.25, -0.2) is 0 Å². The molecule has 0 fully saturated rings. The molecule has 0 aliphatic carbocycles. The van der Waals surface area contributed by atoms with E-state index in [0.29, 0.717) is 11.7 Å². The van der Waals surface area contributed by atoms with Crippen molar-refractivity contribution in [3.8, 4) is 11.5 Å². The molecule has 4 aromatic rings. The Kier molecular flexibility index (Phi) is 2.33. The van der Waals surface area contributed by atoms with Gasteiger partial charge in [-0.2, -0.15) is 4.98 Å². The lowest BCUT2D eigenvalue weighted by Crippen LogP contribution is -1.85. The molecule has 96 valence electrons. The minimum atomic E-state index is 0.579. The summed E-state index contributed by atoms with van der Waals surface area (Å²) in [6.45, 7) is 1.83. The molecule has 3 aromatic carbocycles. The van der Waals surface area contributed by atoms with E-state index >= 15 is 0 Å². The second kappa shape index (κ2) is 4.17. The maximum atomic E-state index is 5.41. The van der Waals surface area contributed by atoms with Gasteiger partial charge in [-0.3, -0.25) is 0 Å². The molecule has 0 saturated heterocycles. The molecule has 4 rings (SSSR count). The van der Waals surface area contributed by atoms with Crippen LogP contribution in [0.4, 0.5) is 0 Å². The fraction of sp³-hybridized carbons (Fsp3) is 0.0588. The summed E-state index contributed by atoms with van der Waals surface area (Å²) >= 11 is 0. The van der Waals surface area contributed by atoms with Crippen LogP contribution < -0.4 is 0 Å². The molecule has 0 radical (unpaired) electrons. The molecular formula is C17H12N2O. The second-order valence-electron chi connectivity index (χ2n) is 4.84. The molecular weight excluding hydrogens is 248 g/mol. The topological polar surface area (TPSA) is 38.9 Å². The fourth-order valence-electron chi connectivity index (χ4n) is 2.64. The fourth-order valence-corrected chi connectivity index (χ4v) is 2.64. The van der Waals surface area contributed by atoms with Gasteiger partial charge in [0.2, 0.25) is 0 Å². The second-order valence-corrected chi connectivity index (χ2v) is 4.84. The van der Waals surface area contributed by atoms with Gasteiger partial charge < -0.3 is 4.52 Å². The van der Waals surface area contributed by atoms with Gasteiger partial charge >= 0.3 is 0 Å². The first-order valence-electron chi connectivity index (χ1n) is 6.54. The number of benzene rings is 3. The molecule has 1 aromatic heterocycles. The van der Waals surface area contributed by atoms with Crippen LogP contribution in [0.25, 0.3) is 33.0 Å². The Morgan fingerprint density at radius 3 is 2.00 bits per heavy atom. The highest BCUT2D eigenvalue weighted by atomic mass is 16.5. The van der Waals surface area contributed by atoms with Crippen molar-refractivity contribution in [2.75, 3.05) is 0 Å². The van der Waals surface area contributed by atoms with Gasteiger partial charge in [0.15, 0.2) is 5.82 Å². The zero-order valence-electron chi connectivity index (χ0n) is 11.0. The van der Waals surface area contributed by atoms with E-state index < -0.39 is 0 Å². The lowest BCUT2D eigenvalue weighted by molar-refractivity contribution is 0.426. The van der Waals surface area contributed by atoms with Crippen molar-refractivity contribution >= 4 is 21.5 Å². The molecule has 0 bridgehead atoms. The minimum absolute atomic E-state index is 0.579. The zero-order chi connectivity index (χ0) is 13.5. The van der Waals surface area contributed by atoms with E-state index in [1.807, 2.05) is 31.2 Å². The Labute approximate surface area is 115 Å². The summed E-state index contributed by atoms with van der Waals surface area (Å²) < 4.78 is 5.41. The van der Waals surface area contributed by atoms with Gasteiger partial charge in [0.1, 0.15) is 0 Å².